The summed E-state index contributed by atoms with van der Waals surface area (Å²) < 4.78 is 24.8. The first-order valence-electron chi connectivity index (χ1n) is 18.1. The molecule has 19 nitrogen and oxygen atoms in total. The lowest BCUT2D eigenvalue weighted by molar-refractivity contribution is -0.121. The van der Waals surface area contributed by atoms with Crippen molar-refractivity contribution in [3.05, 3.63) is 16.7 Å². The fourth-order valence-corrected chi connectivity index (χ4v) is 11.0. The molecule has 0 aromatic carbocycles. The summed E-state index contributed by atoms with van der Waals surface area (Å²) >= 11 is 1.88. The number of aromatic nitrogens is 4. The van der Waals surface area contributed by atoms with Gasteiger partial charge in [0.1, 0.15) is 18.3 Å². The van der Waals surface area contributed by atoms with E-state index in [9.17, 15) is 38.8 Å². The van der Waals surface area contributed by atoms with Crippen LogP contribution >= 0.6 is 40.9 Å². The Balaban J connectivity index is 0.822. The van der Waals surface area contributed by atoms with Crippen LogP contribution in [-0.2, 0) is 23.4 Å². The minimum Gasteiger partial charge on any atom is -0.387 e. The third-order valence-corrected chi connectivity index (χ3v) is 14.6. The number of hydrogen-bond donors (Lipinski definition) is 9. The number of aliphatic hydroxyl groups excluding tert-OH is 2. The average molecular weight is 836 g/mol. The topological polar surface area (TPSA) is 285 Å². The fourth-order valence-electron chi connectivity index (χ4n) is 6.43. The van der Waals surface area contributed by atoms with Crippen LogP contribution in [0.25, 0.3) is 11.2 Å². The van der Waals surface area contributed by atoms with Crippen molar-refractivity contribution < 1.29 is 43.3 Å². The second kappa shape index (κ2) is 20.6. The van der Waals surface area contributed by atoms with Crippen molar-refractivity contribution >= 4 is 75.9 Å². The number of thioether (sulfide) groups is 1. The SMILES string of the molecule is Nc1nc2c(ncn2[C@@H]2O[C@H](COP(=O)(O)CCCCCCNC(=O)CCSSCCNC(=O)CCCCC3SCC4NC(=O)NC43)[C@@H](O)[C@H]2O)c(=O)[nH]1. The molecule has 0 bridgehead atoms. The highest BCUT2D eigenvalue weighted by Gasteiger charge is 2.45. The van der Waals surface area contributed by atoms with Gasteiger partial charge in [0.05, 0.1) is 25.0 Å². The van der Waals surface area contributed by atoms with E-state index in [-0.39, 0.29) is 53.2 Å². The van der Waals surface area contributed by atoms with Crippen LogP contribution in [0.4, 0.5) is 10.7 Å². The molecule has 3 saturated heterocycles. The zero-order valence-electron chi connectivity index (χ0n) is 29.7. The number of nitrogens with zero attached hydrogens (tertiary/aromatic N) is 3. The van der Waals surface area contributed by atoms with Gasteiger partial charge in [-0.25, -0.2) is 9.78 Å². The van der Waals surface area contributed by atoms with Gasteiger partial charge in [-0.05, 0) is 25.7 Å². The van der Waals surface area contributed by atoms with Gasteiger partial charge in [-0.1, -0.05) is 40.9 Å². The zero-order chi connectivity index (χ0) is 38.7. The predicted molar refractivity (Wildman–Crippen MR) is 207 cm³/mol. The van der Waals surface area contributed by atoms with Crippen molar-refractivity contribution in [2.24, 2.45) is 0 Å². The number of fused-ring (bicyclic) bond motifs is 2. The monoisotopic (exact) mass is 835 g/mol. The van der Waals surface area contributed by atoms with Gasteiger partial charge in [0.2, 0.25) is 17.8 Å². The highest BCUT2D eigenvalue weighted by molar-refractivity contribution is 8.76. The van der Waals surface area contributed by atoms with Crippen molar-refractivity contribution in [1.29, 1.82) is 0 Å². The number of ether oxygens (including phenoxy) is 1. The van der Waals surface area contributed by atoms with Crippen LogP contribution in [0.3, 0.4) is 0 Å². The molecule has 2 aromatic heterocycles. The molecule has 8 atom stereocenters. The van der Waals surface area contributed by atoms with Crippen molar-refractivity contribution in [1.82, 2.24) is 40.8 Å². The molecule has 2 aromatic rings. The summed E-state index contributed by atoms with van der Waals surface area (Å²) in [6.07, 6.45) is 2.07. The number of nitrogen functional groups attached to an aromatic ring is 1. The third kappa shape index (κ3) is 12.2. The quantitative estimate of drug-likeness (QED) is 0.0324. The number of imidazole rings is 1. The maximum Gasteiger partial charge on any atom is 0.328 e. The summed E-state index contributed by atoms with van der Waals surface area (Å²) in [6, 6.07) is 0.343. The standard InChI is InChI=1S/C31H50N9O10PS3/c32-30-38-27-24(28(45)39-30)35-17-40(27)29-26(44)25(43)19(50-29)15-49-51(47,48)12-6-2-1-5-10-33-22(42)9-13-53-54-14-11-34-21(41)8-4-3-7-20-23-18(16-52-20)36-31(46)37-23/h17-20,23,25-26,29,43-44H,1-16H2,(H,33,42)(H,34,41)(H,47,48)(H2,36,37,46)(H3,32,38,39,45)/t18?,19-,20?,23?,25-,26-,29-/m1/s1. The number of carbonyl (C=O) groups excluding carboxylic acids is 3. The predicted octanol–water partition coefficient (Wildman–Crippen LogP) is 0.813. The third-order valence-electron chi connectivity index (χ3n) is 9.28. The number of rotatable bonds is 23. The Labute approximate surface area is 324 Å². The van der Waals surface area contributed by atoms with Crippen LogP contribution in [0.1, 0.15) is 64.0 Å². The van der Waals surface area contributed by atoms with Crippen molar-refractivity contribution in [2.45, 2.75) is 99.7 Å². The molecule has 0 saturated carbocycles. The number of unbranched alkanes of at least 4 members (excludes halogenated alkanes) is 4. The number of nitrogens with one attached hydrogen (secondary N) is 5. The molecule has 0 spiro atoms. The summed E-state index contributed by atoms with van der Waals surface area (Å²) in [4.78, 5) is 68.4. The summed E-state index contributed by atoms with van der Waals surface area (Å²) in [5, 5.41) is 33.2. The zero-order valence-corrected chi connectivity index (χ0v) is 33.1. The van der Waals surface area contributed by atoms with E-state index in [4.69, 9.17) is 15.0 Å². The van der Waals surface area contributed by atoms with Crippen LogP contribution in [-0.4, -0.2) is 131 Å². The molecule has 5 heterocycles. The molecule has 302 valence electrons. The number of carbonyl (C=O) groups is 3. The number of hydrogen-bond acceptors (Lipinski definition) is 15. The van der Waals surface area contributed by atoms with Gasteiger partial charge in [0, 0.05) is 54.6 Å². The first-order chi connectivity index (χ1) is 25.9. The Morgan fingerprint density at radius 1 is 1.04 bits per heavy atom. The second-order valence-corrected chi connectivity index (χ2v) is 19.3. The number of amides is 4. The minimum absolute atomic E-state index is 0.0338. The van der Waals surface area contributed by atoms with Crippen LogP contribution in [0.15, 0.2) is 11.1 Å². The first-order valence-corrected chi connectivity index (χ1v) is 23.4. The maximum atomic E-state index is 12.6. The minimum atomic E-state index is -4.01. The van der Waals surface area contributed by atoms with E-state index in [1.165, 1.54) is 10.9 Å². The molecule has 0 aliphatic carbocycles. The molecule has 4 amide bonds. The lowest BCUT2D eigenvalue weighted by Crippen LogP contribution is -2.36. The Kier molecular flexibility index (Phi) is 16.2. The molecule has 23 heteroatoms. The van der Waals surface area contributed by atoms with E-state index in [1.54, 1.807) is 21.6 Å². The van der Waals surface area contributed by atoms with Crippen LogP contribution in [0.2, 0.25) is 0 Å². The highest BCUT2D eigenvalue weighted by Crippen LogP contribution is 2.44. The van der Waals surface area contributed by atoms with E-state index in [0.29, 0.717) is 49.8 Å². The number of anilines is 1. The summed E-state index contributed by atoms with van der Waals surface area (Å²) in [5.74, 6) is 2.19. The van der Waals surface area contributed by atoms with Crippen LogP contribution < -0.4 is 32.6 Å². The van der Waals surface area contributed by atoms with E-state index in [0.717, 1.165) is 43.6 Å². The van der Waals surface area contributed by atoms with E-state index in [1.807, 2.05) is 11.8 Å². The van der Waals surface area contributed by atoms with E-state index >= 15 is 0 Å². The second-order valence-electron chi connectivity index (χ2n) is 13.4. The molecule has 3 aliphatic rings. The van der Waals surface area contributed by atoms with Gasteiger partial charge in [-0.3, -0.25) is 28.5 Å². The molecule has 4 unspecified atom stereocenters. The Bertz CT molecular complexity index is 1690. The number of aliphatic hydroxyl groups is 2. The van der Waals surface area contributed by atoms with Gasteiger partial charge in [0.25, 0.3) is 5.56 Å². The number of H-pyrrole nitrogens is 1. The maximum absolute atomic E-state index is 12.6. The molecule has 3 aliphatic heterocycles. The summed E-state index contributed by atoms with van der Waals surface area (Å²) in [6.45, 7) is 0.635. The Hall–Kier alpha value is -2.56. The lowest BCUT2D eigenvalue weighted by Gasteiger charge is -2.18. The molecule has 10 N–H and O–H groups in total. The van der Waals surface area contributed by atoms with Crippen molar-refractivity contribution in [2.75, 3.05) is 48.9 Å². The molecule has 0 radical (unpaired) electrons. The summed E-state index contributed by atoms with van der Waals surface area (Å²) in [5.41, 5.74) is 5.05. The van der Waals surface area contributed by atoms with Gasteiger partial charge >= 0.3 is 13.6 Å². The van der Waals surface area contributed by atoms with Crippen molar-refractivity contribution in [3.8, 4) is 0 Å². The number of urea groups is 1. The smallest absolute Gasteiger partial charge is 0.328 e. The fraction of sp³-hybridized carbons (Fsp3) is 0.742. The lowest BCUT2D eigenvalue weighted by atomic mass is 10.0. The largest absolute Gasteiger partial charge is 0.387 e. The molecule has 5 rings (SSSR count). The Morgan fingerprint density at radius 3 is 2.63 bits per heavy atom. The van der Waals surface area contributed by atoms with Crippen LogP contribution in [0, 0.1) is 0 Å². The van der Waals surface area contributed by atoms with Gasteiger partial charge in [-0.2, -0.15) is 16.7 Å². The van der Waals surface area contributed by atoms with Crippen molar-refractivity contribution in [3.63, 3.8) is 0 Å². The molecular formula is C31H50N9O10PS3. The van der Waals surface area contributed by atoms with Gasteiger partial charge in [0.15, 0.2) is 17.4 Å². The number of aromatic amines is 1. The summed E-state index contributed by atoms with van der Waals surface area (Å²) in [7, 11) is -0.802. The number of nitrogens with two attached hydrogens (primary N) is 1. The molecule has 3 fully saturated rings. The van der Waals surface area contributed by atoms with Gasteiger partial charge in [-0.15, -0.1) is 0 Å². The molecule has 54 heavy (non-hydrogen) atoms. The van der Waals surface area contributed by atoms with E-state index < -0.39 is 44.3 Å². The first kappa shape index (κ1) is 42.6. The van der Waals surface area contributed by atoms with Gasteiger partial charge < -0.3 is 51.4 Å². The van der Waals surface area contributed by atoms with Crippen LogP contribution in [0.5, 0.6) is 0 Å². The average Bonchev–Trinajstić information content (AvgIpc) is 3.88. The normalized spacial score (nSPS) is 26.0. The Morgan fingerprint density at radius 2 is 1.80 bits per heavy atom. The highest BCUT2D eigenvalue weighted by atomic mass is 33.1. The molecular weight excluding hydrogens is 786 g/mol. The van der Waals surface area contributed by atoms with E-state index in [2.05, 4.69) is 36.2 Å².